The van der Waals surface area contributed by atoms with Crippen molar-refractivity contribution in [1.29, 1.82) is 0 Å². The molecular formula is C37H53BO4. The van der Waals surface area contributed by atoms with Crippen LogP contribution in [0, 0.1) is 6.92 Å². The van der Waals surface area contributed by atoms with Crippen LogP contribution in [-0.4, -0.2) is 42.7 Å². The maximum atomic E-state index is 6.31. The van der Waals surface area contributed by atoms with Crippen LogP contribution < -0.4 is 5.46 Å². The zero-order chi connectivity index (χ0) is 29.9. The van der Waals surface area contributed by atoms with E-state index in [0.29, 0.717) is 5.41 Å². The molecule has 4 bridgehead atoms. The first kappa shape index (κ1) is 30.4. The summed E-state index contributed by atoms with van der Waals surface area (Å²) in [4.78, 5) is 0. The van der Waals surface area contributed by atoms with Crippen molar-refractivity contribution in [3.05, 3.63) is 65.2 Å². The monoisotopic (exact) mass is 572 g/mol. The molecule has 228 valence electrons. The molecule has 5 aliphatic heterocycles. The number of rotatable bonds is 5. The Balaban J connectivity index is 0.000000162. The molecule has 2 aromatic carbocycles. The van der Waals surface area contributed by atoms with Gasteiger partial charge in [0, 0.05) is 10.8 Å². The van der Waals surface area contributed by atoms with Crippen LogP contribution in [0.3, 0.4) is 0 Å². The Morgan fingerprint density at radius 2 is 0.952 bits per heavy atom. The molecule has 0 unspecified atom stereocenters. The van der Waals surface area contributed by atoms with Gasteiger partial charge in [-0.15, -0.1) is 0 Å². The van der Waals surface area contributed by atoms with Crippen molar-refractivity contribution in [3.63, 3.8) is 0 Å². The van der Waals surface area contributed by atoms with Gasteiger partial charge in [0.2, 0.25) is 0 Å². The number of hydrogen-bond acceptors (Lipinski definition) is 4. The molecule has 0 spiro atoms. The number of fused-ring (bicyclic) bond motifs is 6. The lowest BCUT2D eigenvalue weighted by atomic mass is 9.62. The van der Waals surface area contributed by atoms with Crippen molar-refractivity contribution >= 4 is 12.6 Å². The van der Waals surface area contributed by atoms with Gasteiger partial charge in [-0.3, -0.25) is 0 Å². The molecule has 9 rings (SSSR count). The third kappa shape index (κ3) is 5.21. The Hall–Kier alpha value is -1.66. The summed E-state index contributed by atoms with van der Waals surface area (Å²) in [5, 5.41) is 0. The van der Waals surface area contributed by atoms with Crippen molar-refractivity contribution in [2.24, 2.45) is 0 Å². The predicted octanol–water partition coefficient (Wildman–Crippen LogP) is 7.96. The lowest BCUT2D eigenvalue weighted by Gasteiger charge is -2.53. The standard InChI is InChI=1S/C21H31BO3.C16H22O/c1-6-21-13-11-20(12-14-21,15-23-21)16-7-9-17(10-8-16)22-24-18(2,3)19(4,5)25-22;1-3-16-10-8-15(9-11-16,12-17-16)14-6-4-13(2)5-7-14/h7-10H,6,11-15H2,1-5H3;4-7H,3,8-12H2,1-2H3. The minimum absolute atomic E-state index is 0.171. The van der Waals surface area contributed by atoms with Gasteiger partial charge in [-0.05, 0) is 115 Å². The van der Waals surface area contributed by atoms with Crippen LogP contribution in [0.1, 0.15) is 122 Å². The largest absolute Gasteiger partial charge is 0.494 e. The van der Waals surface area contributed by atoms with Crippen LogP contribution >= 0.6 is 0 Å². The topological polar surface area (TPSA) is 36.9 Å². The highest BCUT2D eigenvalue weighted by Gasteiger charge is 2.53. The van der Waals surface area contributed by atoms with Crippen LogP contribution in [0.4, 0.5) is 0 Å². The summed E-state index contributed by atoms with van der Waals surface area (Å²) in [5.74, 6) is 0. The van der Waals surface area contributed by atoms with Crippen LogP contribution in [0.2, 0.25) is 0 Å². The Morgan fingerprint density at radius 3 is 1.29 bits per heavy atom. The van der Waals surface area contributed by atoms with Gasteiger partial charge in [0.1, 0.15) is 0 Å². The first-order chi connectivity index (χ1) is 19.9. The molecule has 0 radical (unpaired) electrons. The molecule has 4 nitrogen and oxygen atoms in total. The number of hydrogen-bond donors (Lipinski definition) is 0. The summed E-state index contributed by atoms with van der Waals surface area (Å²) in [6.07, 6.45) is 12.3. The quantitative estimate of drug-likeness (QED) is 0.341. The summed E-state index contributed by atoms with van der Waals surface area (Å²) >= 11 is 0. The van der Waals surface area contributed by atoms with Crippen molar-refractivity contribution in [2.75, 3.05) is 13.2 Å². The Morgan fingerprint density at radius 1 is 0.571 bits per heavy atom. The van der Waals surface area contributed by atoms with E-state index < -0.39 is 0 Å². The second-order valence-electron chi connectivity index (χ2n) is 15.3. The highest BCUT2D eigenvalue weighted by molar-refractivity contribution is 6.62. The minimum Gasteiger partial charge on any atom is -0.399 e. The summed E-state index contributed by atoms with van der Waals surface area (Å²) in [6, 6.07) is 18.0. The zero-order valence-electron chi connectivity index (χ0n) is 27.3. The van der Waals surface area contributed by atoms with Crippen LogP contribution in [-0.2, 0) is 29.6 Å². The molecule has 5 heteroatoms. The number of benzene rings is 2. The van der Waals surface area contributed by atoms with Gasteiger partial charge < -0.3 is 18.8 Å². The first-order valence-corrected chi connectivity index (χ1v) is 16.7. The molecule has 2 aliphatic carbocycles. The van der Waals surface area contributed by atoms with Gasteiger partial charge in [-0.2, -0.15) is 0 Å². The maximum Gasteiger partial charge on any atom is 0.494 e. The van der Waals surface area contributed by atoms with Crippen LogP contribution in [0.15, 0.2) is 48.5 Å². The van der Waals surface area contributed by atoms with Crippen molar-refractivity contribution in [3.8, 4) is 0 Å². The van der Waals surface area contributed by atoms with Gasteiger partial charge in [0.15, 0.2) is 0 Å². The average molecular weight is 573 g/mol. The van der Waals surface area contributed by atoms with E-state index in [1.54, 1.807) is 0 Å². The molecule has 7 aliphatic rings. The maximum absolute atomic E-state index is 6.31. The summed E-state index contributed by atoms with van der Waals surface area (Å²) < 4.78 is 24.9. The van der Waals surface area contributed by atoms with E-state index in [2.05, 4.69) is 97.0 Å². The fourth-order valence-electron chi connectivity index (χ4n) is 8.06. The van der Waals surface area contributed by atoms with Gasteiger partial charge >= 0.3 is 7.12 Å². The SMILES string of the molecule is CCC12CCC(c3ccc(B4OC(C)(C)C(C)(C)O4)cc3)(CC1)CO2.CCC12CCC(c3ccc(C)cc3)(CC1)CO2. The molecule has 2 saturated carbocycles. The van der Waals surface area contributed by atoms with Gasteiger partial charge in [-0.1, -0.05) is 67.9 Å². The fourth-order valence-corrected chi connectivity index (χ4v) is 8.06. The van der Waals surface area contributed by atoms with E-state index in [1.807, 2.05) is 0 Å². The molecule has 2 aromatic rings. The number of ether oxygens (including phenoxy) is 2. The summed E-state index contributed by atoms with van der Waals surface area (Å²) in [7, 11) is -0.279. The lowest BCUT2D eigenvalue weighted by molar-refractivity contribution is -0.158. The smallest absolute Gasteiger partial charge is 0.399 e. The van der Waals surface area contributed by atoms with Crippen LogP contribution in [0.5, 0.6) is 0 Å². The molecule has 42 heavy (non-hydrogen) atoms. The Kier molecular flexibility index (Phi) is 7.78. The van der Waals surface area contributed by atoms with E-state index >= 15 is 0 Å². The second kappa shape index (κ2) is 10.8. The third-order valence-corrected chi connectivity index (χ3v) is 12.5. The molecular weight excluding hydrogens is 519 g/mol. The fraction of sp³-hybridized carbons (Fsp3) is 0.676. The predicted molar refractivity (Wildman–Crippen MR) is 172 cm³/mol. The van der Waals surface area contributed by atoms with Crippen molar-refractivity contribution in [1.82, 2.24) is 0 Å². The highest BCUT2D eigenvalue weighted by atomic mass is 16.7. The van der Waals surface area contributed by atoms with E-state index in [4.69, 9.17) is 18.8 Å². The van der Waals surface area contributed by atoms with Crippen molar-refractivity contribution < 1.29 is 18.8 Å². The van der Waals surface area contributed by atoms with E-state index in [0.717, 1.165) is 25.1 Å². The molecule has 5 saturated heterocycles. The Labute approximate surface area is 255 Å². The normalized spacial score (nSPS) is 36.0. The molecule has 0 aromatic heterocycles. The lowest BCUT2D eigenvalue weighted by Crippen LogP contribution is -2.53. The second-order valence-corrected chi connectivity index (χ2v) is 15.3. The van der Waals surface area contributed by atoms with Gasteiger partial charge in [0.25, 0.3) is 0 Å². The average Bonchev–Trinajstić information content (AvgIpc) is 3.25. The first-order valence-electron chi connectivity index (χ1n) is 16.7. The number of aryl methyl sites for hydroxylation is 1. The molecule has 7 fully saturated rings. The van der Waals surface area contributed by atoms with Gasteiger partial charge in [0.05, 0.1) is 35.6 Å². The summed E-state index contributed by atoms with van der Waals surface area (Å²) in [5.41, 5.74) is 5.71. The van der Waals surface area contributed by atoms with E-state index in [1.165, 1.54) is 74.5 Å². The molecule has 0 N–H and O–H groups in total. The van der Waals surface area contributed by atoms with Crippen molar-refractivity contribution in [2.45, 2.75) is 146 Å². The third-order valence-electron chi connectivity index (χ3n) is 12.5. The molecule has 0 amide bonds. The molecule has 0 atom stereocenters. The Bertz CT molecular complexity index is 1180. The highest BCUT2D eigenvalue weighted by Crippen LogP contribution is 2.52. The van der Waals surface area contributed by atoms with E-state index in [9.17, 15) is 0 Å². The zero-order valence-corrected chi connectivity index (χ0v) is 27.3. The summed E-state index contributed by atoms with van der Waals surface area (Å²) in [6.45, 7) is 16.9. The van der Waals surface area contributed by atoms with E-state index in [-0.39, 0.29) is 34.9 Å². The van der Waals surface area contributed by atoms with Crippen LogP contribution in [0.25, 0.3) is 0 Å². The molecule has 5 heterocycles. The van der Waals surface area contributed by atoms with Gasteiger partial charge in [-0.25, -0.2) is 0 Å². The minimum atomic E-state index is -0.293.